The molecule has 0 radical (unpaired) electrons. The third-order valence-corrected chi connectivity index (χ3v) is 4.32. The summed E-state index contributed by atoms with van der Waals surface area (Å²) in [5.41, 5.74) is 1.05. The Labute approximate surface area is 134 Å². The molecule has 1 aromatic carbocycles. The van der Waals surface area contributed by atoms with Crippen LogP contribution in [0.4, 0.5) is 0 Å². The lowest BCUT2D eigenvalue weighted by Gasteiger charge is -2.34. The largest absolute Gasteiger partial charge is 0.497 e. The van der Waals surface area contributed by atoms with Gasteiger partial charge in [-0.05, 0) is 30.7 Å². The van der Waals surface area contributed by atoms with Gasteiger partial charge in [-0.3, -0.25) is 9.69 Å². The summed E-state index contributed by atoms with van der Waals surface area (Å²) in [4.78, 5) is 16.8. The first-order valence-corrected chi connectivity index (χ1v) is 8.36. The Morgan fingerprint density at radius 3 is 2.36 bits per heavy atom. The van der Waals surface area contributed by atoms with Crippen molar-refractivity contribution in [3.05, 3.63) is 29.8 Å². The van der Waals surface area contributed by atoms with Crippen LogP contribution in [0.3, 0.4) is 0 Å². The third kappa shape index (κ3) is 5.02. The summed E-state index contributed by atoms with van der Waals surface area (Å²) in [6.07, 6.45) is 4.33. The monoisotopic (exact) mass is 304 g/mol. The highest BCUT2D eigenvalue weighted by Crippen LogP contribution is 2.13. The first-order valence-electron chi connectivity index (χ1n) is 8.36. The predicted molar refractivity (Wildman–Crippen MR) is 89.2 cm³/mol. The number of hydrogen-bond acceptors (Lipinski definition) is 3. The topological polar surface area (TPSA) is 32.8 Å². The van der Waals surface area contributed by atoms with Gasteiger partial charge in [0.25, 0.3) is 0 Å². The fourth-order valence-corrected chi connectivity index (χ4v) is 2.84. The first-order chi connectivity index (χ1) is 10.7. The molecule has 1 fully saturated rings. The van der Waals surface area contributed by atoms with Crippen LogP contribution in [0.2, 0.25) is 0 Å². The molecule has 1 amide bonds. The minimum Gasteiger partial charge on any atom is -0.497 e. The Kier molecular flexibility index (Phi) is 6.72. The Morgan fingerprint density at radius 2 is 1.77 bits per heavy atom. The van der Waals surface area contributed by atoms with E-state index in [-0.39, 0.29) is 5.91 Å². The second kappa shape index (κ2) is 8.79. The van der Waals surface area contributed by atoms with Gasteiger partial charge in [0, 0.05) is 26.2 Å². The van der Waals surface area contributed by atoms with Crippen molar-refractivity contribution in [2.45, 2.75) is 32.6 Å². The Hall–Kier alpha value is -1.55. The molecule has 4 nitrogen and oxygen atoms in total. The average molecular weight is 304 g/mol. The number of rotatable bonds is 7. The lowest BCUT2D eigenvalue weighted by atomic mass is 10.1. The maximum Gasteiger partial charge on any atom is 0.227 e. The summed E-state index contributed by atoms with van der Waals surface area (Å²) in [5, 5.41) is 0. The quantitative estimate of drug-likeness (QED) is 0.726. The molecule has 22 heavy (non-hydrogen) atoms. The molecule has 0 bridgehead atoms. The summed E-state index contributed by atoms with van der Waals surface area (Å²) in [5.74, 6) is 1.07. The summed E-state index contributed by atoms with van der Waals surface area (Å²) in [6, 6.07) is 7.76. The maximum atomic E-state index is 12.4. The van der Waals surface area contributed by atoms with E-state index in [1.54, 1.807) is 7.11 Å². The number of unbranched alkanes of at least 4 members (excludes halogenated alkanes) is 2. The van der Waals surface area contributed by atoms with Crippen LogP contribution < -0.4 is 4.74 Å². The minimum atomic E-state index is 0.235. The van der Waals surface area contributed by atoms with Gasteiger partial charge in [0.2, 0.25) is 5.91 Å². The van der Waals surface area contributed by atoms with Crippen molar-refractivity contribution in [2.75, 3.05) is 39.8 Å². The van der Waals surface area contributed by atoms with Crippen LogP contribution in [0.25, 0.3) is 0 Å². The molecule has 1 saturated heterocycles. The molecule has 1 heterocycles. The van der Waals surface area contributed by atoms with E-state index in [4.69, 9.17) is 4.74 Å². The van der Waals surface area contributed by atoms with Crippen LogP contribution in [0, 0.1) is 0 Å². The Bertz CT molecular complexity index is 451. The lowest BCUT2D eigenvalue weighted by molar-refractivity contribution is -0.132. The molecular formula is C18H28N2O2. The van der Waals surface area contributed by atoms with Crippen LogP contribution in [0.1, 0.15) is 31.7 Å². The van der Waals surface area contributed by atoms with E-state index in [9.17, 15) is 4.79 Å². The molecule has 0 saturated carbocycles. The number of methoxy groups -OCH3 is 1. The second-order valence-corrected chi connectivity index (χ2v) is 5.95. The van der Waals surface area contributed by atoms with Crippen LogP contribution in [-0.2, 0) is 11.2 Å². The number of ether oxygens (including phenoxy) is 1. The summed E-state index contributed by atoms with van der Waals surface area (Å²) in [6.45, 7) is 7.16. The standard InChI is InChI=1S/C18H28N2O2/c1-3-4-5-10-19-11-13-20(14-12-19)18(21)15-16-6-8-17(22-2)9-7-16/h6-9H,3-5,10-15H2,1-2H3. The molecule has 122 valence electrons. The average Bonchev–Trinajstić information content (AvgIpc) is 2.56. The van der Waals surface area contributed by atoms with E-state index in [1.807, 2.05) is 29.2 Å². The summed E-state index contributed by atoms with van der Waals surface area (Å²) in [7, 11) is 1.65. The number of amides is 1. The second-order valence-electron chi connectivity index (χ2n) is 5.95. The van der Waals surface area contributed by atoms with Crippen LogP contribution in [0.5, 0.6) is 5.75 Å². The van der Waals surface area contributed by atoms with Gasteiger partial charge in [0.05, 0.1) is 13.5 Å². The molecule has 0 unspecified atom stereocenters. The smallest absolute Gasteiger partial charge is 0.227 e. The van der Waals surface area contributed by atoms with E-state index in [0.717, 1.165) is 37.5 Å². The molecule has 0 spiro atoms. The van der Waals surface area contributed by atoms with Crippen molar-refractivity contribution in [1.29, 1.82) is 0 Å². The van der Waals surface area contributed by atoms with Crippen molar-refractivity contribution in [3.63, 3.8) is 0 Å². The van der Waals surface area contributed by atoms with Crippen LogP contribution in [-0.4, -0.2) is 55.5 Å². The highest BCUT2D eigenvalue weighted by Gasteiger charge is 2.20. The van der Waals surface area contributed by atoms with Crippen molar-refractivity contribution in [2.24, 2.45) is 0 Å². The lowest BCUT2D eigenvalue weighted by Crippen LogP contribution is -2.49. The molecule has 1 aliphatic rings. The number of benzene rings is 1. The fraction of sp³-hybridized carbons (Fsp3) is 0.611. The van der Waals surface area contributed by atoms with E-state index in [2.05, 4.69) is 11.8 Å². The minimum absolute atomic E-state index is 0.235. The number of hydrogen-bond donors (Lipinski definition) is 0. The van der Waals surface area contributed by atoms with Crippen molar-refractivity contribution >= 4 is 5.91 Å². The first kappa shape index (κ1) is 16.8. The van der Waals surface area contributed by atoms with Gasteiger partial charge in [-0.2, -0.15) is 0 Å². The molecule has 4 heteroatoms. The van der Waals surface area contributed by atoms with Gasteiger partial charge in [-0.25, -0.2) is 0 Å². The van der Waals surface area contributed by atoms with Gasteiger partial charge in [0.1, 0.15) is 5.75 Å². The van der Waals surface area contributed by atoms with Crippen molar-refractivity contribution in [1.82, 2.24) is 9.80 Å². The van der Waals surface area contributed by atoms with Crippen LogP contribution >= 0.6 is 0 Å². The molecule has 0 aliphatic carbocycles. The van der Waals surface area contributed by atoms with Gasteiger partial charge in [-0.1, -0.05) is 31.9 Å². The van der Waals surface area contributed by atoms with Crippen molar-refractivity contribution in [3.8, 4) is 5.75 Å². The summed E-state index contributed by atoms with van der Waals surface area (Å²) < 4.78 is 5.14. The van der Waals surface area contributed by atoms with Crippen LogP contribution in [0.15, 0.2) is 24.3 Å². The number of piperazine rings is 1. The zero-order valence-corrected chi connectivity index (χ0v) is 13.9. The number of nitrogens with zero attached hydrogens (tertiary/aromatic N) is 2. The molecular weight excluding hydrogens is 276 g/mol. The fourth-order valence-electron chi connectivity index (χ4n) is 2.84. The highest BCUT2D eigenvalue weighted by molar-refractivity contribution is 5.78. The number of carbonyl (C=O) groups is 1. The van der Waals surface area contributed by atoms with Crippen molar-refractivity contribution < 1.29 is 9.53 Å². The van der Waals surface area contributed by atoms with E-state index in [1.165, 1.54) is 25.8 Å². The predicted octanol–water partition coefficient (Wildman–Crippen LogP) is 2.57. The Morgan fingerprint density at radius 1 is 1.09 bits per heavy atom. The Balaban J connectivity index is 1.74. The molecule has 0 aromatic heterocycles. The molecule has 1 aromatic rings. The maximum absolute atomic E-state index is 12.4. The van der Waals surface area contributed by atoms with Gasteiger partial charge < -0.3 is 9.64 Å². The normalized spacial score (nSPS) is 15.8. The molecule has 0 atom stereocenters. The van der Waals surface area contributed by atoms with Gasteiger partial charge in [0.15, 0.2) is 0 Å². The van der Waals surface area contributed by atoms with E-state index >= 15 is 0 Å². The van der Waals surface area contributed by atoms with E-state index < -0.39 is 0 Å². The molecule has 2 rings (SSSR count). The third-order valence-electron chi connectivity index (χ3n) is 4.32. The molecule has 1 aliphatic heterocycles. The zero-order valence-electron chi connectivity index (χ0n) is 13.9. The number of carbonyl (C=O) groups excluding carboxylic acids is 1. The molecule has 0 N–H and O–H groups in total. The van der Waals surface area contributed by atoms with Gasteiger partial charge in [-0.15, -0.1) is 0 Å². The van der Waals surface area contributed by atoms with E-state index in [0.29, 0.717) is 6.42 Å². The zero-order chi connectivity index (χ0) is 15.8. The van der Waals surface area contributed by atoms with Gasteiger partial charge >= 0.3 is 0 Å². The summed E-state index contributed by atoms with van der Waals surface area (Å²) >= 11 is 0. The highest BCUT2D eigenvalue weighted by atomic mass is 16.5. The SMILES string of the molecule is CCCCCN1CCN(C(=O)Cc2ccc(OC)cc2)CC1.